The van der Waals surface area contributed by atoms with Crippen LogP contribution in [0.5, 0.6) is 0 Å². The van der Waals surface area contributed by atoms with Gasteiger partial charge in [0.15, 0.2) is 0 Å². The molecule has 2 rings (SSSR count). The summed E-state index contributed by atoms with van der Waals surface area (Å²) in [6.07, 6.45) is 5.67. The van der Waals surface area contributed by atoms with E-state index in [1.165, 1.54) is 32.2 Å². The molecule has 2 unspecified atom stereocenters. The summed E-state index contributed by atoms with van der Waals surface area (Å²) in [4.78, 5) is 2.56. The average Bonchev–Trinajstić information content (AvgIpc) is 2.45. The summed E-state index contributed by atoms with van der Waals surface area (Å²) in [5, 5.41) is 10.3. The molecular weight excluding hydrogens is 302 g/mol. The zero-order valence-electron chi connectivity index (χ0n) is 11.7. The average molecular weight is 326 g/mol. The fraction of sp³-hybridized carbons (Fsp3) is 0.625. The highest BCUT2D eigenvalue weighted by atomic mass is 79.9. The van der Waals surface area contributed by atoms with Gasteiger partial charge in [0.2, 0.25) is 0 Å². The fourth-order valence-electron chi connectivity index (χ4n) is 3.01. The summed E-state index contributed by atoms with van der Waals surface area (Å²) in [6, 6.07) is 8.69. The summed E-state index contributed by atoms with van der Waals surface area (Å²) in [5.74, 6) is 0. The van der Waals surface area contributed by atoms with Gasteiger partial charge in [-0.25, -0.2) is 0 Å². The lowest BCUT2D eigenvalue weighted by Crippen LogP contribution is -2.40. The maximum atomic E-state index is 10.3. The first-order valence-electron chi connectivity index (χ1n) is 7.39. The Morgan fingerprint density at radius 1 is 1.37 bits per heavy atom. The maximum Gasteiger partial charge on any atom is 0.0813 e. The van der Waals surface area contributed by atoms with E-state index in [0.29, 0.717) is 0 Å². The smallest absolute Gasteiger partial charge is 0.0813 e. The van der Waals surface area contributed by atoms with Crippen molar-refractivity contribution < 1.29 is 5.11 Å². The first-order valence-corrected chi connectivity index (χ1v) is 8.18. The van der Waals surface area contributed by atoms with Gasteiger partial charge in [0.25, 0.3) is 0 Å². The Morgan fingerprint density at radius 2 is 2.16 bits per heavy atom. The van der Waals surface area contributed by atoms with Gasteiger partial charge in [-0.05, 0) is 43.9 Å². The van der Waals surface area contributed by atoms with Crippen LogP contribution >= 0.6 is 15.9 Å². The molecule has 1 aliphatic heterocycles. The summed E-state index contributed by atoms with van der Waals surface area (Å²) in [6.45, 7) is 4.47. The van der Waals surface area contributed by atoms with Crippen molar-refractivity contribution in [2.75, 3.05) is 13.1 Å². The molecule has 1 aliphatic rings. The first-order chi connectivity index (χ1) is 9.22. The molecule has 1 N–H and O–H groups in total. The minimum atomic E-state index is -0.366. The molecule has 1 aromatic carbocycles. The van der Waals surface area contributed by atoms with Crippen molar-refractivity contribution in [3.63, 3.8) is 0 Å². The van der Waals surface area contributed by atoms with E-state index < -0.39 is 0 Å². The van der Waals surface area contributed by atoms with E-state index >= 15 is 0 Å². The highest BCUT2D eigenvalue weighted by Gasteiger charge is 2.21. The predicted molar refractivity (Wildman–Crippen MR) is 83.2 cm³/mol. The van der Waals surface area contributed by atoms with Crippen LogP contribution in [-0.4, -0.2) is 29.1 Å². The van der Waals surface area contributed by atoms with Gasteiger partial charge in [-0.1, -0.05) is 47.5 Å². The van der Waals surface area contributed by atoms with Crippen LogP contribution in [-0.2, 0) is 0 Å². The molecule has 0 saturated carbocycles. The van der Waals surface area contributed by atoms with E-state index in [0.717, 1.165) is 29.0 Å². The number of hydrogen-bond donors (Lipinski definition) is 1. The van der Waals surface area contributed by atoms with Crippen molar-refractivity contribution in [1.82, 2.24) is 4.90 Å². The summed E-state index contributed by atoms with van der Waals surface area (Å²) in [5.41, 5.74) is 1.01. The molecule has 3 heteroatoms. The number of hydrogen-bond acceptors (Lipinski definition) is 2. The van der Waals surface area contributed by atoms with E-state index in [4.69, 9.17) is 0 Å². The molecule has 2 atom stereocenters. The molecule has 2 nitrogen and oxygen atoms in total. The molecule has 1 heterocycles. The van der Waals surface area contributed by atoms with E-state index in [9.17, 15) is 5.11 Å². The monoisotopic (exact) mass is 325 g/mol. The van der Waals surface area contributed by atoms with Gasteiger partial charge in [-0.2, -0.15) is 0 Å². The van der Waals surface area contributed by atoms with Crippen molar-refractivity contribution in [2.45, 2.75) is 51.2 Å². The lowest BCUT2D eigenvalue weighted by molar-refractivity contribution is 0.101. The van der Waals surface area contributed by atoms with E-state index in [1.807, 2.05) is 24.3 Å². The second kappa shape index (κ2) is 7.41. The number of piperidine rings is 1. The number of likely N-dealkylation sites (tertiary alicyclic amines) is 1. The van der Waals surface area contributed by atoms with Gasteiger partial charge in [0.1, 0.15) is 0 Å². The van der Waals surface area contributed by atoms with Gasteiger partial charge < -0.3 is 10.0 Å². The molecular formula is C16H24BrNO. The number of rotatable bonds is 5. The fourth-order valence-corrected chi connectivity index (χ4v) is 3.55. The normalized spacial score (nSPS) is 22.4. The SMILES string of the molecule is CCC1CCCCN1CCC(O)c1ccccc1Br. The van der Waals surface area contributed by atoms with Crippen LogP contribution in [0.4, 0.5) is 0 Å². The van der Waals surface area contributed by atoms with Crippen molar-refractivity contribution in [1.29, 1.82) is 0 Å². The zero-order valence-corrected chi connectivity index (χ0v) is 13.3. The third-order valence-corrected chi connectivity index (χ3v) is 4.90. The lowest BCUT2D eigenvalue weighted by Gasteiger charge is -2.35. The van der Waals surface area contributed by atoms with E-state index in [-0.39, 0.29) is 6.10 Å². The largest absolute Gasteiger partial charge is 0.388 e. The first kappa shape index (κ1) is 15.0. The van der Waals surface area contributed by atoms with Gasteiger partial charge in [0.05, 0.1) is 6.10 Å². The minimum Gasteiger partial charge on any atom is -0.388 e. The molecule has 106 valence electrons. The Morgan fingerprint density at radius 3 is 2.89 bits per heavy atom. The van der Waals surface area contributed by atoms with Crippen LogP contribution in [0.2, 0.25) is 0 Å². The van der Waals surface area contributed by atoms with Gasteiger partial charge in [-0.3, -0.25) is 0 Å². The molecule has 0 radical (unpaired) electrons. The molecule has 0 aromatic heterocycles. The molecule has 0 spiro atoms. The van der Waals surface area contributed by atoms with Crippen molar-refractivity contribution in [3.05, 3.63) is 34.3 Å². The molecule has 1 aromatic rings. The van der Waals surface area contributed by atoms with Crippen LogP contribution in [0.15, 0.2) is 28.7 Å². The number of halogens is 1. The Kier molecular flexibility index (Phi) is 5.86. The molecule has 0 bridgehead atoms. The zero-order chi connectivity index (χ0) is 13.7. The molecule has 1 saturated heterocycles. The van der Waals surface area contributed by atoms with E-state index in [1.54, 1.807) is 0 Å². The Bertz CT molecular complexity index is 396. The van der Waals surface area contributed by atoms with Crippen molar-refractivity contribution in [3.8, 4) is 0 Å². The number of nitrogens with zero attached hydrogens (tertiary/aromatic N) is 1. The molecule has 0 aliphatic carbocycles. The van der Waals surface area contributed by atoms with Gasteiger partial charge in [-0.15, -0.1) is 0 Å². The number of aliphatic hydroxyl groups is 1. The Hall–Kier alpha value is -0.380. The maximum absolute atomic E-state index is 10.3. The summed E-state index contributed by atoms with van der Waals surface area (Å²) in [7, 11) is 0. The Balaban J connectivity index is 1.89. The second-order valence-corrected chi connectivity index (χ2v) is 6.27. The summed E-state index contributed by atoms with van der Waals surface area (Å²) >= 11 is 3.51. The minimum absolute atomic E-state index is 0.366. The lowest BCUT2D eigenvalue weighted by atomic mass is 9.99. The van der Waals surface area contributed by atoms with Gasteiger partial charge in [0, 0.05) is 17.1 Å². The van der Waals surface area contributed by atoms with Crippen LogP contribution < -0.4 is 0 Å². The summed E-state index contributed by atoms with van der Waals surface area (Å²) < 4.78 is 1.01. The highest BCUT2D eigenvalue weighted by molar-refractivity contribution is 9.10. The van der Waals surface area contributed by atoms with Crippen LogP contribution in [0, 0.1) is 0 Å². The second-order valence-electron chi connectivity index (χ2n) is 5.42. The van der Waals surface area contributed by atoms with Crippen molar-refractivity contribution >= 4 is 15.9 Å². The third-order valence-electron chi connectivity index (χ3n) is 4.17. The quantitative estimate of drug-likeness (QED) is 0.879. The van der Waals surface area contributed by atoms with Crippen LogP contribution in [0.3, 0.4) is 0 Å². The van der Waals surface area contributed by atoms with E-state index in [2.05, 4.69) is 27.8 Å². The predicted octanol–water partition coefficient (Wildman–Crippen LogP) is 4.14. The van der Waals surface area contributed by atoms with Crippen molar-refractivity contribution in [2.24, 2.45) is 0 Å². The van der Waals surface area contributed by atoms with Crippen LogP contribution in [0.1, 0.15) is 50.7 Å². The molecule has 0 amide bonds. The third kappa shape index (κ3) is 4.04. The number of aliphatic hydroxyl groups excluding tert-OH is 1. The highest BCUT2D eigenvalue weighted by Crippen LogP contribution is 2.27. The van der Waals surface area contributed by atoms with Crippen LogP contribution in [0.25, 0.3) is 0 Å². The number of benzene rings is 1. The standard InChI is InChI=1S/C16H24BrNO/c1-2-13-7-5-6-11-18(13)12-10-16(19)14-8-3-4-9-15(14)17/h3-4,8-9,13,16,19H,2,5-7,10-12H2,1H3. The molecule has 1 fully saturated rings. The molecule has 19 heavy (non-hydrogen) atoms. The Labute approximate surface area is 124 Å². The van der Waals surface area contributed by atoms with Gasteiger partial charge >= 0.3 is 0 Å². The topological polar surface area (TPSA) is 23.5 Å².